The number of phenolic OH excluding ortho intramolecular Hbond substituents is 1. The van der Waals surface area contributed by atoms with Gasteiger partial charge in [-0.25, -0.2) is 0 Å². The molecule has 2 N–H and O–H groups in total. The third kappa shape index (κ3) is 23.7. The molecular weight excluding hydrogens is 935 g/mol. The Morgan fingerprint density at radius 1 is 0.507 bits per heavy atom. The van der Waals surface area contributed by atoms with E-state index in [9.17, 15) is 9.59 Å². The Balaban J connectivity index is 0.000000234. The first-order valence-electron chi connectivity index (χ1n) is 24.6. The molecule has 4 heterocycles. The van der Waals surface area contributed by atoms with Gasteiger partial charge in [0.25, 0.3) is 0 Å². The molecule has 14 heteroatoms. The number of carbonyl (C=O) groups excluding carboxylic acids is 2. The molecule has 4 aliphatic rings. The first kappa shape index (κ1) is 59.4. The van der Waals surface area contributed by atoms with Crippen LogP contribution in [0.2, 0.25) is 0 Å². The van der Waals surface area contributed by atoms with Crippen LogP contribution in [0.3, 0.4) is 0 Å². The van der Waals surface area contributed by atoms with Crippen molar-refractivity contribution >= 4 is 48.2 Å². The standard InChI is InChI=1S/C14H20ClNO.C14H21NO2.C14H19NO2.C7H6O2.C6H12ClN.ClH/c1-12-10-14(5-4-13(12)11-15)17-9-8-16-6-2-3-7-16;2*1-12-10-14(5-4-13(12)11-16)17-9-8-15-6-2-3-7-15;8-5-6-1-3-7(9)4-2-6;7-3-6-8-4-1-2-5-8;/h4-5,10H,2-3,6-9,11H2,1H3;4-5,10,16H,2-3,6-9,11H2,1H3;4-5,10-11H,2-3,6-9H2,1H3;1-5,9H;1-6H2;1H. The van der Waals surface area contributed by atoms with Gasteiger partial charge in [-0.15, -0.1) is 35.6 Å². The molecule has 4 saturated heterocycles. The predicted octanol–water partition coefficient (Wildman–Crippen LogP) is 10.4. The number of halogens is 3. The number of ether oxygens (including phenoxy) is 3. The van der Waals surface area contributed by atoms with Crippen molar-refractivity contribution in [3.05, 3.63) is 118 Å². The minimum atomic E-state index is 0. The summed E-state index contributed by atoms with van der Waals surface area (Å²) in [5.41, 5.74) is 6.73. The highest BCUT2D eigenvalue weighted by atomic mass is 35.5. The fourth-order valence-electron chi connectivity index (χ4n) is 8.29. The van der Waals surface area contributed by atoms with E-state index in [1.807, 2.05) is 62.4 Å². The SMILES string of the molecule is Cc1cc(OCCN2CCCC2)ccc1C=O.Cc1cc(OCCN2CCCC2)ccc1CCl.Cc1cc(OCCN2CCCC2)ccc1CO.Cl.ClCCN1CCCC1.O=Cc1ccc(O)cc1. The molecule has 0 radical (unpaired) electrons. The smallest absolute Gasteiger partial charge is 0.150 e. The van der Waals surface area contributed by atoms with Crippen molar-refractivity contribution in [2.45, 2.75) is 84.6 Å². The van der Waals surface area contributed by atoms with Gasteiger partial charge in [-0.2, -0.15) is 0 Å². The molecule has 69 heavy (non-hydrogen) atoms. The van der Waals surface area contributed by atoms with Crippen molar-refractivity contribution in [1.82, 2.24) is 19.6 Å². The molecule has 0 amide bonds. The Labute approximate surface area is 429 Å². The van der Waals surface area contributed by atoms with E-state index in [0.717, 1.165) is 104 Å². The highest BCUT2D eigenvalue weighted by Gasteiger charge is 2.13. The number of rotatable bonds is 18. The number of hydrogen-bond acceptors (Lipinski definition) is 11. The molecule has 4 aliphatic heterocycles. The molecular formula is C55H79Cl3N4O7. The second kappa shape index (κ2) is 35.2. The molecule has 4 aromatic carbocycles. The summed E-state index contributed by atoms with van der Waals surface area (Å²) in [6.07, 6.45) is 12.3. The van der Waals surface area contributed by atoms with Crippen LogP contribution in [0.15, 0.2) is 78.9 Å². The Morgan fingerprint density at radius 2 is 0.884 bits per heavy atom. The summed E-state index contributed by atoms with van der Waals surface area (Å²) in [7, 11) is 0. The minimum absolute atomic E-state index is 0. The van der Waals surface area contributed by atoms with Crippen LogP contribution in [-0.4, -0.2) is 147 Å². The van der Waals surface area contributed by atoms with Crippen LogP contribution in [-0.2, 0) is 12.5 Å². The quantitative estimate of drug-likeness (QED) is 0.0733. The lowest BCUT2D eigenvalue weighted by molar-refractivity contribution is 0.111. The second-order valence-corrected chi connectivity index (χ2v) is 18.4. The lowest BCUT2D eigenvalue weighted by Gasteiger charge is -2.15. The number of aromatic hydroxyl groups is 1. The monoisotopic (exact) mass is 1010 g/mol. The maximum absolute atomic E-state index is 10.7. The predicted molar refractivity (Wildman–Crippen MR) is 285 cm³/mol. The largest absolute Gasteiger partial charge is 0.508 e. The molecule has 8 rings (SSSR count). The maximum Gasteiger partial charge on any atom is 0.150 e. The average Bonchev–Trinajstić information content (AvgIpc) is 4.22. The van der Waals surface area contributed by atoms with Crippen molar-refractivity contribution < 1.29 is 34.0 Å². The van der Waals surface area contributed by atoms with Crippen molar-refractivity contribution in [2.24, 2.45) is 0 Å². The topological polar surface area (TPSA) is 115 Å². The van der Waals surface area contributed by atoms with Crippen LogP contribution < -0.4 is 14.2 Å². The van der Waals surface area contributed by atoms with Gasteiger partial charge < -0.3 is 29.3 Å². The number of hydrogen-bond donors (Lipinski definition) is 2. The van der Waals surface area contributed by atoms with E-state index >= 15 is 0 Å². The summed E-state index contributed by atoms with van der Waals surface area (Å²) in [6.45, 7) is 22.3. The zero-order chi connectivity index (χ0) is 48.8. The third-order valence-corrected chi connectivity index (χ3v) is 13.0. The molecule has 0 spiro atoms. The van der Waals surface area contributed by atoms with E-state index in [1.54, 1.807) is 12.1 Å². The second-order valence-electron chi connectivity index (χ2n) is 17.7. The maximum atomic E-state index is 10.7. The number of aldehydes is 2. The summed E-state index contributed by atoms with van der Waals surface area (Å²) in [6, 6.07) is 23.7. The van der Waals surface area contributed by atoms with E-state index < -0.39 is 0 Å². The first-order valence-corrected chi connectivity index (χ1v) is 25.7. The highest BCUT2D eigenvalue weighted by Crippen LogP contribution is 2.20. The van der Waals surface area contributed by atoms with Gasteiger partial charge in [0.15, 0.2) is 0 Å². The number of aryl methyl sites for hydroxylation is 3. The molecule has 0 saturated carbocycles. The average molecular weight is 1010 g/mol. The third-order valence-electron chi connectivity index (χ3n) is 12.6. The number of likely N-dealkylation sites (tertiary alicyclic amines) is 4. The normalized spacial score (nSPS) is 15.7. The van der Waals surface area contributed by atoms with Crippen molar-refractivity contribution in [2.75, 3.05) is 104 Å². The lowest BCUT2D eigenvalue weighted by atomic mass is 10.1. The molecule has 0 unspecified atom stereocenters. The number of benzene rings is 4. The molecule has 0 aromatic heterocycles. The zero-order valence-corrected chi connectivity index (χ0v) is 43.8. The Bertz CT molecular complexity index is 1930. The van der Waals surface area contributed by atoms with E-state index in [0.29, 0.717) is 11.4 Å². The molecule has 0 atom stereocenters. The molecule has 0 aliphatic carbocycles. The molecule has 11 nitrogen and oxygen atoms in total. The van der Waals surface area contributed by atoms with Crippen molar-refractivity contribution in [3.8, 4) is 23.0 Å². The van der Waals surface area contributed by atoms with E-state index in [2.05, 4.69) is 32.6 Å². The number of aliphatic hydroxyl groups is 1. The fourth-order valence-corrected chi connectivity index (χ4v) is 8.83. The molecule has 4 aromatic rings. The number of aliphatic hydroxyl groups excluding tert-OH is 1. The van der Waals surface area contributed by atoms with Crippen LogP contribution in [0.5, 0.6) is 23.0 Å². The van der Waals surface area contributed by atoms with Gasteiger partial charge in [-0.05, 0) is 219 Å². The zero-order valence-electron chi connectivity index (χ0n) is 41.4. The minimum Gasteiger partial charge on any atom is -0.508 e. The summed E-state index contributed by atoms with van der Waals surface area (Å²) >= 11 is 11.4. The van der Waals surface area contributed by atoms with Gasteiger partial charge in [0.2, 0.25) is 0 Å². The van der Waals surface area contributed by atoms with Crippen LogP contribution in [0.25, 0.3) is 0 Å². The number of nitrogens with zero attached hydrogens (tertiary/aromatic N) is 4. The molecule has 0 bridgehead atoms. The van der Waals surface area contributed by atoms with Gasteiger partial charge in [-0.3, -0.25) is 24.3 Å². The van der Waals surface area contributed by atoms with Crippen LogP contribution in [0.4, 0.5) is 0 Å². The number of alkyl halides is 2. The van der Waals surface area contributed by atoms with Crippen LogP contribution >= 0.6 is 35.6 Å². The van der Waals surface area contributed by atoms with Crippen molar-refractivity contribution in [3.63, 3.8) is 0 Å². The van der Waals surface area contributed by atoms with Gasteiger partial charge in [0, 0.05) is 49.1 Å². The van der Waals surface area contributed by atoms with E-state index in [4.69, 9.17) is 47.6 Å². The van der Waals surface area contributed by atoms with E-state index in [-0.39, 0.29) is 24.8 Å². The van der Waals surface area contributed by atoms with Gasteiger partial charge in [0.05, 0.1) is 6.61 Å². The van der Waals surface area contributed by atoms with Crippen molar-refractivity contribution in [1.29, 1.82) is 0 Å². The highest BCUT2D eigenvalue weighted by molar-refractivity contribution is 6.18. The number of phenols is 1. The first-order chi connectivity index (χ1) is 33.1. The Hall–Kier alpha value is -3.91. The van der Waals surface area contributed by atoms with Crippen LogP contribution in [0.1, 0.15) is 99.9 Å². The van der Waals surface area contributed by atoms with Gasteiger partial charge >= 0.3 is 0 Å². The summed E-state index contributed by atoms with van der Waals surface area (Å²) in [5.74, 6) is 4.25. The van der Waals surface area contributed by atoms with Gasteiger partial charge in [0.1, 0.15) is 55.4 Å². The summed E-state index contributed by atoms with van der Waals surface area (Å²) in [5, 5.41) is 17.8. The van der Waals surface area contributed by atoms with E-state index in [1.165, 1.54) is 127 Å². The Kier molecular flexibility index (Phi) is 30.3. The van der Waals surface area contributed by atoms with Gasteiger partial charge in [-0.1, -0.05) is 12.1 Å². The molecule has 382 valence electrons. The Morgan fingerprint density at radius 3 is 1.22 bits per heavy atom. The van der Waals surface area contributed by atoms with Crippen LogP contribution in [0, 0.1) is 20.8 Å². The summed E-state index contributed by atoms with van der Waals surface area (Å²) in [4.78, 5) is 30.4. The fraction of sp³-hybridized carbons (Fsp3) is 0.527. The summed E-state index contributed by atoms with van der Waals surface area (Å²) < 4.78 is 17.2. The number of carbonyl (C=O) groups is 2. The molecule has 4 fully saturated rings. The lowest BCUT2D eigenvalue weighted by Crippen LogP contribution is -2.25.